The van der Waals surface area contributed by atoms with Gasteiger partial charge in [-0.05, 0) is 17.7 Å². The van der Waals surface area contributed by atoms with E-state index >= 15 is 0 Å². The third-order valence-corrected chi connectivity index (χ3v) is 5.03. The lowest BCUT2D eigenvalue weighted by atomic mass is 10.2. The van der Waals surface area contributed by atoms with E-state index in [2.05, 4.69) is 10.3 Å². The summed E-state index contributed by atoms with van der Waals surface area (Å²) in [7, 11) is 1.59. The summed E-state index contributed by atoms with van der Waals surface area (Å²) in [6.45, 7) is 1.32. The molecule has 3 aromatic rings. The number of hydrogen-bond donors (Lipinski definition) is 0. The Morgan fingerprint density at radius 2 is 1.97 bits per heavy atom. The van der Waals surface area contributed by atoms with Gasteiger partial charge in [-0.1, -0.05) is 53.8 Å². The molecule has 0 spiro atoms. The standard InChI is InChI=1S/C23H23N5O3/c1-31-20-11-5-10-19(15-20)28-14-13-26(17-22(28)29)23(30)21-16-27(25-24-21)12-6-9-18-7-3-2-4-8-18/h2-11,15-16H,12-14,17H2,1H3/b9-6+. The summed E-state index contributed by atoms with van der Waals surface area (Å²) in [5.41, 5.74) is 2.08. The number of methoxy groups -OCH3 is 1. The molecule has 2 aromatic carbocycles. The van der Waals surface area contributed by atoms with Crippen molar-refractivity contribution in [3.05, 3.63) is 78.1 Å². The summed E-state index contributed by atoms with van der Waals surface area (Å²) in [5.74, 6) is 0.240. The van der Waals surface area contributed by atoms with Crippen LogP contribution in [0.2, 0.25) is 0 Å². The molecule has 158 valence electrons. The lowest BCUT2D eigenvalue weighted by Crippen LogP contribution is -2.52. The first-order valence-electron chi connectivity index (χ1n) is 9.99. The Hall–Kier alpha value is -3.94. The minimum absolute atomic E-state index is 0.00316. The van der Waals surface area contributed by atoms with Crippen LogP contribution >= 0.6 is 0 Å². The predicted octanol–water partition coefficient (Wildman–Crippen LogP) is 2.49. The van der Waals surface area contributed by atoms with Crippen LogP contribution < -0.4 is 9.64 Å². The molecule has 0 saturated carbocycles. The van der Waals surface area contributed by atoms with Gasteiger partial charge < -0.3 is 14.5 Å². The van der Waals surface area contributed by atoms with Gasteiger partial charge >= 0.3 is 0 Å². The second-order valence-electron chi connectivity index (χ2n) is 7.11. The molecular weight excluding hydrogens is 394 g/mol. The van der Waals surface area contributed by atoms with Crippen LogP contribution in [0.5, 0.6) is 5.75 Å². The Labute approximate surface area is 180 Å². The lowest BCUT2D eigenvalue weighted by Gasteiger charge is -2.34. The van der Waals surface area contributed by atoms with Gasteiger partial charge in [-0.25, -0.2) is 4.68 Å². The van der Waals surface area contributed by atoms with Crippen molar-refractivity contribution >= 4 is 23.6 Å². The minimum Gasteiger partial charge on any atom is -0.497 e. The number of anilines is 1. The number of benzene rings is 2. The molecule has 2 amide bonds. The van der Waals surface area contributed by atoms with Crippen LogP contribution in [0.15, 0.2) is 66.9 Å². The molecule has 1 aliphatic heterocycles. The monoisotopic (exact) mass is 417 g/mol. The Kier molecular flexibility index (Phi) is 6.07. The van der Waals surface area contributed by atoms with Crippen LogP contribution in [0, 0.1) is 0 Å². The Morgan fingerprint density at radius 1 is 1.13 bits per heavy atom. The van der Waals surface area contributed by atoms with Crippen molar-refractivity contribution in [3.8, 4) is 5.75 Å². The fourth-order valence-electron chi connectivity index (χ4n) is 3.41. The normalized spacial score (nSPS) is 14.3. The van der Waals surface area contributed by atoms with Crippen molar-refractivity contribution in [1.29, 1.82) is 0 Å². The van der Waals surface area contributed by atoms with Gasteiger partial charge in [-0.15, -0.1) is 5.10 Å². The molecule has 0 atom stereocenters. The largest absolute Gasteiger partial charge is 0.497 e. The molecule has 0 radical (unpaired) electrons. The first kappa shape index (κ1) is 20.3. The van der Waals surface area contributed by atoms with Crippen molar-refractivity contribution in [3.63, 3.8) is 0 Å². The number of piperazine rings is 1. The van der Waals surface area contributed by atoms with Gasteiger partial charge in [-0.2, -0.15) is 0 Å². The van der Waals surface area contributed by atoms with Crippen LogP contribution in [0.4, 0.5) is 5.69 Å². The second-order valence-corrected chi connectivity index (χ2v) is 7.11. The van der Waals surface area contributed by atoms with Gasteiger partial charge in [0.15, 0.2) is 5.69 Å². The van der Waals surface area contributed by atoms with E-state index in [4.69, 9.17) is 4.74 Å². The number of allylic oxidation sites excluding steroid dienone is 1. The van der Waals surface area contributed by atoms with Crippen molar-refractivity contribution in [1.82, 2.24) is 19.9 Å². The van der Waals surface area contributed by atoms with E-state index in [-0.39, 0.29) is 24.1 Å². The molecule has 2 heterocycles. The zero-order valence-corrected chi connectivity index (χ0v) is 17.2. The number of ether oxygens (including phenoxy) is 1. The minimum atomic E-state index is -0.295. The first-order chi connectivity index (χ1) is 15.1. The van der Waals surface area contributed by atoms with Crippen molar-refractivity contribution in [2.24, 2.45) is 0 Å². The van der Waals surface area contributed by atoms with Crippen molar-refractivity contribution in [2.45, 2.75) is 6.54 Å². The Bertz CT molecular complexity index is 1090. The number of amides is 2. The average Bonchev–Trinajstić information content (AvgIpc) is 3.28. The number of carbonyl (C=O) groups is 2. The van der Waals surface area contributed by atoms with Crippen LogP contribution in [0.25, 0.3) is 6.08 Å². The van der Waals surface area contributed by atoms with Crippen molar-refractivity contribution in [2.75, 3.05) is 31.6 Å². The fourth-order valence-corrected chi connectivity index (χ4v) is 3.41. The summed E-state index contributed by atoms with van der Waals surface area (Å²) in [4.78, 5) is 28.6. The molecule has 0 unspecified atom stereocenters. The molecule has 0 bridgehead atoms. The van der Waals surface area contributed by atoms with Gasteiger partial charge in [-0.3, -0.25) is 9.59 Å². The van der Waals surface area contributed by atoms with Crippen LogP contribution in [-0.4, -0.2) is 58.5 Å². The van der Waals surface area contributed by atoms with Crippen molar-refractivity contribution < 1.29 is 14.3 Å². The molecule has 1 aliphatic rings. The number of hydrogen-bond acceptors (Lipinski definition) is 5. The maximum Gasteiger partial charge on any atom is 0.276 e. The molecule has 31 heavy (non-hydrogen) atoms. The molecule has 8 heteroatoms. The van der Waals surface area contributed by atoms with E-state index in [1.54, 1.807) is 22.9 Å². The van der Waals surface area contributed by atoms with E-state index < -0.39 is 0 Å². The maximum absolute atomic E-state index is 12.8. The quantitative estimate of drug-likeness (QED) is 0.616. The second kappa shape index (κ2) is 9.25. The first-order valence-corrected chi connectivity index (χ1v) is 9.99. The number of aromatic nitrogens is 3. The van der Waals surface area contributed by atoms with Crippen LogP contribution in [0.3, 0.4) is 0 Å². The molecular formula is C23H23N5O3. The van der Waals surface area contributed by atoms with E-state index in [0.717, 1.165) is 11.3 Å². The molecule has 0 aliphatic carbocycles. The highest BCUT2D eigenvalue weighted by Gasteiger charge is 2.30. The zero-order chi connectivity index (χ0) is 21.6. The van der Waals surface area contributed by atoms with Gasteiger partial charge in [0.25, 0.3) is 5.91 Å². The smallest absolute Gasteiger partial charge is 0.276 e. The highest BCUT2D eigenvalue weighted by atomic mass is 16.5. The molecule has 1 saturated heterocycles. The third-order valence-electron chi connectivity index (χ3n) is 5.03. The number of rotatable bonds is 6. The molecule has 1 fully saturated rings. The van der Waals surface area contributed by atoms with E-state index in [0.29, 0.717) is 25.4 Å². The predicted molar refractivity (Wildman–Crippen MR) is 117 cm³/mol. The molecule has 4 rings (SSSR count). The molecule has 8 nitrogen and oxygen atoms in total. The summed E-state index contributed by atoms with van der Waals surface area (Å²) < 4.78 is 6.83. The summed E-state index contributed by atoms with van der Waals surface area (Å²) in [6.07, 6.45) is 5.55. The zero-order valence-electron chi connectivity index (χ0n) is 17.2. The number of nitrogens with zero attached hydrogens (tertiary/aromatic N) is 5. The van der Waals surface area contributed by atoms with E-state index in [1.807, 2.05) is 66.7 Å². The highest BCUT2D eigenvalue weighted by Crippen LogP contribution is 2.23. The number of carbonyl (C=O) groups excluding carboxylic acids is 2. The SMILES string of the molecule is COc1cccc(N2CCN(C(=O)c3cn(C/C=C/c4ccccc4)nn3)CC2=O)c1. The lowest BCUT2D eigenvalue weighted by molar-refractivity contribution is -0.120. The van der Waals surface area contributed by atoms with Gasteiger partial charge in [0.1, 0.15) is 12.3 Å². The summed E-state index contributed by atoms with van der Waals surface area (Å²) in [5, 5.41) is 8.01. The van der Waals surface area contributed by atoms with Crippen LogP contribution in [-0.2, 0) is 11.3 Å². The summed E-state index contributed by atoms with van der Waals surface area (Å²) >= 11 is 0. The van der Waals surface area contributed by atoms with Gasteiger partial charge in [0, 0.05) is 24.8 Å². The van der Waals surface area contributed by atoms with Gasteiger partial charge in [0.05, 0.1) is 19.9 Å². The average molecular weight is 417 g/mol. The maximum atomic E-state index is 12.8. The third kappa shape index (κ3) is 4.80. The Balaban J connectivity index is 1.36. The van der Waals surface area contributed by atoms with Crippen LogP contribution in [0.1, 0.15) is 16.1 Å². The topological polar surface area (TPSA) is 80.6 Å². The molecule has 0 N–H and O–H groups in total. The molecule has 1 aromatic heterocycles. The highest BCUT2D eigenvalue weighted by molar-refractivity contribution is 6.00. The van der Waals surface area contributed by atoms with E-state index in [9.17, 15) is 9.59 Å². The fraction of sp³-hybridized carbons (Fsp3) is 0.217. The van der Waals surface area contributed by atoms with E-state index in [1.165, 1.54) is 4.90 Å². The Morgan fingerprint density at radius 3 is 2.74 bits per heavy atom. The van der Waals surface area contributed by atoms with Gasteiger partial charge in [0.2, 0.25) is 5.91 Å². The summed E-state index contributed by atoms with van der Waals surface area (Å²) in [6, 6.07) is 17.3.